The molecule has 0 saturated carbocycles. The number of hydrogen-bond acceptors (Lipinski definition) is 6. The lowest BCUT2D eigenvalue weighted by Gasteiger charge is -2.09. The van der Waals surface area contributed by atoms with Gasteiger partial charge in [-0.15, -0.1) is 0 Å². The zero-order chi connectivity index (χ0) is 22.6. The molecular formula is C22H33N5O3S. The largest absolute Gasteiger partial charge is 0.472 e. The van der Waals surface area contributed by atoms with Gasteiger partial charge >= 0.3 is 6.03 Å². The molecule has 0 unspecified atom stereocenters. The zero-order valence-corrected chi connectivity index (χ0v) is 19.4. The molecule has 0 aliphatic rings. The van der Waals surface area contributed by atoms with Gasteiger partial charge in [0.2, 0.25) is 5.88 Å². The number of carbonyl (C=O) groups is 2. The van der Waals surface area contributed by atoms with E-state index in [9.17, 15) is 9.59 Å². The first-order valence-corrected chi connectivity index (χ1v) is 11.4. The molecule has 1 aromatic heterocycles. The number of primary amides is 1. The van der Waals surface area contributed by atoms with Crippen LogP contribution < -0.4 is 21.1 Å². The van der Waals surface area contributed by atoms with E-state index in [0.717, 1.165) is 55.7 Å². The van der Waals surface area contributed by atoms with Crippen LogP contribution in [0.2, 0.25) is 0 Å². The second kappa shape index (κ2) is 12.9. The first kappa shape index (κ1) is 24.6. The maximum absolute atomic E-state index is 12.2. The van der Waals surface area contributed by atoms with E-state index in [1.54, 1.807) is 0 Å². The number of unbranched alkanes of at least 4 members (excludes halogenated alkanes) is 3. The van der Waals surface area contributed by atoms with Crippen molar-refractivity contribution in [2.75, 3.05) is 32.5 Å². The fourth-order valence-electron chi connectivity index (χ4n) is 2.96. The van der Waals surface area contributed by atoms with Gasteiger partial charge < -0.3 is 20.7 Å². The number of nitrogens with one attached hydrogen (secondary N) is 2. The number of rotatable bonds is 13. The second-order valence-electron chi connectivity index (χ2n) is 7.61. The van der Waals surface area contributed by atoms with Gasteiger partial charge in [-0.1, -0.05) is 44.0 Å². The van der Waals surface area contributed by atoms with Crippen LogP contribution in [0.3, 0.4) is 0 Å². The van der Waals surface area contributed by atoms with Gasteiger partial charge in [0.15, 0.2) is 0 Å². The average Bonchev–Trinajstić information content (AvgIpc) is 3.14. The summed E-state index contributed by atoms with van der Waals surface area (Å²) in [6, 6.07) is 7.63. The number of aryl methyl sites for hydroxylation is 1. The van der Waals surface area contributed by atoms with Crippen LogP contribution in [-0.4, -0.2) is 48.4 Å². The molecule has 0 atom stereocenters. The predicted octanol–water partition coefficient (Wildman–Crippen LogP) is 3.63. The summed E-state index contributed by atoms with van der Waals surface area (Å²) in [5.74, 6) is -0.561. The Bertz CT molecular complexity index is 836. The maximum atomic E-state index is 12.2. The van der Waals surface area contributed by atoms with E-state index in [2.05, 4.69) is 40.9 Å². The highest BCUT2D eigenvalue weighted by Gasteiger charge is 2.22. The molecule has 8 nitrogen and oxygen atoms in total. The first-order chi connectivity index (χ1) is 14.9. The number of benzene rings is 1. The standard InChI is InChI=1S/C22H33N5O3S/c1-4-16-9-11-17(12-10-16)15-30-20-18(19(23)28)21(31-26-20)25-22(29)24-13-7-5-6-8-14-27(2)3/h9-12H,4-8,13-15H2,1-3H3,(H2,23,28)(H2,24,25,29). The number of aromatic nitrogens is 1. The molecule has 0 aliphatic heterocycles. The first-order valence-electron chi connectivity index (χ1n) is 10.6. The Labute approximate surface area is 188 Å². The molecule has 1 aromatic carbocycles. The molecule has 31 heavy (non-hydrogen) atoms. The van der Waals surface area contributed by atoms with Crippen LogP contribution in [0.1, 0.15) is 54.1 Å². The number of hydrogen-bond donors (Lipinski definition) is 3. The van der Waals surface area contributed by atoms with Crippen LogP contribution in [-0.2, 0) is 13.0 Å². The van der Waals surface area contributed by atoms with Crippen LogP contribution in [0.5, 0.6) is 5.88 Å². The highest BCUT2D eigenvalue weighted by molar-refractivity contribution is 7.11. The minimum absolute atomic E-state index is 0.0917. The van der Waals surface area contributed by atoms with Crippen molar-refractivity contribution in [3.05, 3.63) is 41.0 Å². The Morgan fingerprint density at radius 3 is 2.42 bits per heavy atom. The molecule has 3 amide bonds. The second-order valence-corrected chi connectivity index (χ2v) is 8.39. The van der Waals surface area contributed by atoms with Gasteiger partial charge in [-0.05, 0) is 62.6 Å². The molecule has 2 aromatic rings. The summed E-state index contributed by atoms with van der Waals surface area (Å²) in [6.45, 7) is 3.99. The summed E-state index contributed by atoms with van der Waals surface area (Å²) >= 11 is 0.975. The Morgan fingerprint density at radius 1 is 1.10 bits per heavy atom. The number of urea groups is 1. The van der Waals surface area contributed by atoms with E-state index < -0.39 is 5.91 Å². The Kier molecular flexibility index (Phi) is 10.3. The van der Waals surface area contributed by atoms with Gasteiger partial charge in [-0.3, -0.25) is 10.1 Å². The summed E-state index contributed by atoms with van der Waals surface area (Å²) in [4.78, 5) is 26.3. The highest BCUT2D eigenvalue weighted by atomic mass is 32.1. The van der Waals surface area contributed by atoms with Crippen LogP contribution in [0.4, 0.5) is 9.80 Å². The molecular weight excluding hydrogens is 414 g/mol. The molecule has 0 saturated heterocycles. The number of anilines is 1. The number of amides is 3. The number of carbonyl (C=O) groups excluding carboxylic acids is 2. The molecule has 1 heterocycles. The molecule has 9 heteroatoms. The van der Waals surface area contributed by atoms with Crippen molar-refractivity contribution >= 4 is 28.5 Å². The third-order valence-corrected chi connectivity index (χ3v) is 5.50. The van der Waals surface area contributed by atoms with E-state index in [1.807, 2.05) is 24.3 Å². The monoisotopic (exact) mass is 447 g/mol. The predicted molar refractivity (Wildman–Crippen MR) is 125 cm³/mol. The van der Waals surface area contributed by atoms with E-state index in [4.69, 9.17) is 10.5 Å². The van der Waals surface area contributed by atoms with E-state index in [-0.39, 0.29) is 29.1 Å². The molecule has 4 N–H and O–H groups in total. The van der Waals surface area contributed by atoms with Gasteiger partial charge in [0, 0.05) is 6.54 Å². The van der Waals surface area contributed by atoms with Crippen molar-refractivity contribution < 1.29 is 14.3 Å². The molecule has 0 bridgehead atoms. The minimum atomic E-state index is -0.693. The Hall–Kier alpha value is -2.65. The van der Waals surface area contributed by atoms with Crippen LogP contribution in [0.25, 0.3) is 0 Å². The van der Waals surface area contributed by atoms with Crippen LogP contribution in [0, 0.1) is 0 Å². The lowest BCUT2D eigenvalue weighted by molar-refractivity contribution is 0.0996. The van der Waals surface area contributed by atoms with Crippen molar-refractivity contribution in [1.29, 1.82) is 0 Å². The van der Waals surface area contributed by atoms with E-state index in [0.29, 0.717) is 6.54 Å². The van der Waals surface area contributed by atoms with Crippen molar-refractivity contribution in [2.45, 2.75) is 45.6 Å². The molecule has 2 rings (SSSR count). The topological polar surface area (TPSA) is 110 Å². The lowest BCUT2D eigenvalue weighted by Crippen LogP contribution is -2.30. The van der Waals surface area contributed by atoms with Gasteiger partial charge in [-0.2, -0.15) is 4.37 Å². The fraction of sp³-hybridized carbons (Fsp3) is 0.500. The molecule has 0 spiro atoms. The lowest BCUT2D eigenvalue weighted by atomic mass is 10.1. The summed E-state index contributed by atoms with van der Waals surface area (Å²) in [5, 5.41) is 5.75. The van der Waals surface area contributed by atoms with Crippen molar-refractivity contribution in [1.82, 2.24) is 14.6 Å². The van der Waals surface area contributed by atoms with Gasteiger partial charge in [0.1, 0.15) is 17.2 Å². The third-order valence-electron chi connectivity index (χ3n) is 4.76. The Balaban J connectivity index is 1.82. The van der Waals surface area contributed by atoms with Gasteiger partial charge in [0.25, 0.3) is 5.91 Å². The van der Waals surface area contributed by atoms with Crippen LogP contribution >= 0.6 is 11.5 Å². The summed E-state index contributed by atoms with van der Waals surface area (Å²) in [6.07, 6.45) is 5.19. The number of nitrogens with zero attached hydrogens (tertiary/aromatic N) is 2. The van der Waals surface area contributed by atoms with Crippen molar-refractivity contribution in [3.8, 4) is 5.88 Å². The van der Waals surface area contributed by atoms with Crippen molar-refractivity contribution in [3.63, 3.8) is 0 Å². The van der Waals surface area contributed by atoms with Gasteiger partial charge in [0.05, 0.1) is 0 Å². The number of ether oxygens (including phenoxy) is 1. The van der Waals surface area contributed by atoms with E-state index in [1.165, 1.54) is 5.56 Å². The highest BCUT2D eigenvalue weighted by Crippen LogP contribution is 2.30. The van der Waals surface area contributed by atoms with E-state index >= 15 is 0 Å². The number of nitrogens with two attached hydrogens (primary N) is 1. The smallest absolute Gasteiger partial charge is 0.319 e. The SMILES string of the molecule is CCc1ccc(COc2nsc(NC(=O)NCCCCCCN(C)C)c2C(N)=O)cc1. The Morgan fingerprint density at radius 2 is 1.77 bits per heavy atom. The molecule has 0 fully saturated rings. The minimum Gasteiger partial charge on any atom is -0.472 e. The molecule has 0 aliphatic carbocycles. The summed E-state index contributed by atoms with van der Waals surface area (Å²) in [5.41, 5.74) is 7.79. The van der Waals surface area contributed by atoms with Gasteiger partial charge in [-0.25, -0.2) is 4.79 Å². The van der Waals surface area contributed by atoms with Crippen molar-refractivity contribution in [2.24, 2.45) is 5.73 Å². The normalized spacial score (nSPS) is 10.8. The molecule has 170 valence electrons. The summed E-state index contributed by atoms with van der Waals surface area (Å²) in [7, 11) is 4.12. The average molecular weight is 448 g/mol. The fourth-order valence-corrected chi connectivity index (χ4v) is 3.69. The zero-order valence-electron chi connectivity index (χ0n) is 18.6. The van der Waals surface area contributed by atoms with Crippen LogP contribution in [0.15, 0.2) is 24.3 Å². The summed E-state index contributed by atoms with van der Waals surface area (Å²) < 4.78 is 9.85. The third kappa shape index (κ3) is 8.55. The molecule has 0 radical (unpaired) electrons. The quantitative estimate of drug-likeness (QED) is 0.406. The maximum Gasteiger partial charge on any atom is 0.319 e.